The van der Waals surface area contributed by atoms with Crippen molar-refractivity contribution in [2.45, 2.75) is 12.6 Å². The molecule has 1 heterocycles. The first-order valence-electron chi connectivity index (χ1n) is 9.44. The van der Waals surface area contributed by atoms with Crippen LogP contribution >= 0.6 is 11.3 Å². The Morgan fingerprint density at radius 3 is 2.34 bits per heavy atom. The van der Waals surface area contributed by atoms with E-state index in [4.69, 9.17) is 0 Å². The number of thiophene rings is 1. The fourth-order valence-electron chi connectivity index (χ4n) is 3.14. The highest BCUT2D eigenvalue weighted by Gasteiger charge is 2.18. The Balaban J connectivity index is 1.60. The molecule has 0 spiro atoms. The first-order chi connectivity index (χ1) is 14.1. The van der Waals surface area contributed by atoms with E-state index in [0.717, 1.165) is 16.0 Å². The van der Waals surface area contributed by atoms with Crippen LogP contribution in [0.5, 0.6) is 0 Å². The molecule has 2 aromatic carbocycles. The van der Waals surface area contributed by atoms with Gasteiger partial charge < -0.3 is 10.6 Å². The number of benzene rings is 2. The van der Waals surface area contributed by atoms with Crippen molar-refractivity contribution in [3.05, 3.63) is 93.7 Å². The van der Waals surface area contributed by atoms with E-state index in [1.54, 1.807) is 30.5 Å². The molecule has 2 amide bonds. The molecular weight excluding hydrogens is 382 g/mol. The molecule has 2 N–H and O–H groups in total. The van der Waals surface area contributed by atoms with Crippen molar-refractivity contribution >= 4 is 23.2 Å². The molecular formula is C23H25N3O2S. The molecule has 0 bridgehead atoms. The molecule has 0 fully saturated rings. The lowest BCUT2D eigenvalue weighted by Crippen LogP contribution is -2.37. The smallest absolute Gasteiger partial charge is 0.251 e. The van der Waals surface area contributed by atoms with Gasteiger partial charge in [-0.05, 0) is 41.8 Å². The Kier molecular flexibility index (Phi) is 7.16. The van der Waals surface area contributed by atoms with Gasteiger partial charge in [-0.3, -0.25) is 14.5 Å². The number of carbonyl (C=O) groups is 2. The number of likely N-dealkylation sites (N-methyl/N-ethyl adjacent to an activating group) is 1. The molecule has 5 nitrogen and oxygen atoms in total. The van der Waals surface area contributed by atoms with Crippen LogP contribution in [0.3, 0.4) is 0 Å². The minimum Gasteiger partial charge on any atom is -0.355 e. The van der Waals surface area contributed by atoms with Crippen molar-refractivity contribution in [3.8, 4) is 0 Å². The van der Waals surface area contributed by atoms with Crippen molar-refractivity contribution in [3.63, 3.8) is 0 Å². The molecule has 3 rings (SSSR count). The number of hydrogen-bond donors (Lipinski definition) is 2. The van der Waals surface area contributed by atoms with Gasteiger partial charge in [-0.1, -0.05) is 48.5 Å². The maximum Gasteiger partial charge on any atom is 0.251 e. The van der Waals surface area contributed by atoms with Crippen LogP contribution in [0.25, 0.3) is 0 Å². The normalized spacial score (nSPS) is 11.8. The Bertz CT molecular complexity index is 925. The lowest BCUT2D eigenvalue weighted by atomic mass is 10.1. The standard InChI is InChI=1S/C23H25N3O2S/c1-24-23(28)19-12-10-17(11-13-19)15-26(2)16-21(27)25-22(20-9-6-14-29-20)18-7-4-3-5-8-18/h3-14,22H,15-16H2,1-2H3,(H,24,28)(H,25,27)/t22-/m1/s1. The molecule has 29 heavy (non-hydrogen) atoms. The number of hydrogen-bond acceptors (Lipinski definition) is 4. The van der Waals surface area contributed by atoms with Crippen LogP contribution in [0, 0.1) is 0 Å². The highest BCUT2D eigenvalue weighted by molar-refractivity contribution is 7.10. The molecule has 0 radical (unpaired) electrons. The highest BCUT2D eigenvalue weighted by atomic mass is 32.1. The van der Waals surface area contributed by atoms with E-state index in [0.29, 0.717) is 12.1 Å². The van der Waals surface area contributed by atoms with Gasteiger partial charge in [0.25, 0.3) is 5.91 Å². The zero-order valence-electron chi connectivity index (χ0n) is 16.6. The zero-order chi connectivity index (χ0) is 20.6. The van der Waals surface area contributed by atoms with Crippen LogP contribution in [0.4, 0.5) is 0 Å². The second-order valence-electron chi connectivity index (χ2n) is 6.87. The summed E-state index contributed by atoms with van der Waals surface area (Å²) in [7, 11) is 3.52. The van der Waals surface area contributed by atoms with Crippen molar-refractivity contribution < 1.29 is 9.59 Å². The molecule has 1 atom stereocenters. The van der Waals surface area contributed by atoms with Gasteiger partial charge in [0, 0.05) is 24.0 Å². The number of nitrogens with zero attached hydrogens (tertiary/aromatic N) is 1. The Hall–Kier alpha value is -2.96. The second kappa shape index (κ2) is 10.0. The van der Waals surface area contributed by atoms with Crippen molar-refractivity contribution in [2.75, 3.05) is 20.6 Å². The Morgan fingerprint density at radius 2 is 1.72 bits per heavy atom. The fourth-order valence-corrected chi connectivity index (χ4v) is 3.95. The average Bonchev–Trinajstić information content (AvgIpc) is 3.27. The van der Waals surface area contributed by atoms with Gasteiger partial charge >= 0.3 is 0 Å². The number of nitrogens with one attached hydrogen (secondary N) is 2. The van der Waals surface area contributed by atoms with Gasteiger partial charge in [0.1, 0.15) is 0 Å². The van der Waals surface area contributed by atoms with Crippen LogP contribution in [-0.4, -0.2) is 37.4 Å². The predicted molar refractivity (Wildman–Crippen MR) is 117 cm³/mol. The summed E-state index contributed by atoms with van der Waals surface area (Å²) < 4.78 is 0. The van der Waals surface area contributed by atoms with E-state index >= 15 is 0 Å². The summed E-state index contributed by atoms with van der Waals surface area (Å²) >= 11 is 1.63. The third-order valence-electron chi connectivity index (χ3n) is 4.58. The van der Waals surface area contributed by atoms with E-state index in [1.165, 1.54) is 0 Å². The largest absolute Gasteiger partial charge is 0.355 e. The van der Waals surface area contributed by atoms with Crippen molar-refractivity contribution in [1.29, 1.82) is 0 Å². The van der Waals surface area contributed by atoms with Crippen LogP contribution in [0.2, 0.25) is 0 Å². The van der Waals surface area contributed by atoms with Gasteiger partial charge in [-0.2, -0.15) is 0 Å². The topological polar surface area (TPSA) is 61.4 Å². The van der Waals surface area contributed by atoms with E-state index in [-0.39, 0.29) is 24.4 Å². The van der Waals surface area contributed by atoms with Gasteiger partial charge in [0.15, 0.2) is 0 Å². The van der Waals surface area contributed by atoms with E-state index in [9.17, 15) is 9.59 Å². The number of rotatable bonds is 8. The maximum atomic E-state index is 12.7. The summed E-state index contributed by atoms with van der Waals surface area (Å²) in [5.74, 6) is -0.137. The molecule has 150 valence electrons. The van der Waals surface area contributed by atoms with Crippen LogP contribution in [0.1, 0.15) is 32.4 Å². The molecule has 3 aromatic rings. The Labute approximate surface area is 175 Å². The molecule has 0 saturated carbocycles. The minimum atomic E-state index is -0.149. The number of amides is 2. The Morgan fingerprint density at radius 1 is 1.00 bits per heavy atom. The lowest BCUT2D eigenvalue weighted by molar-refractivity contribution is -0.122. The highest BCUT2D eigenvalue weighted by Crippen LogP contribution is 2.25. The molecule has 0 saturated heterocycles. The average molecular weight is 408 g/mol. The summed E-state index contributed by atoms with van der Waals surface area (Å²) in [5, 5.41) is 7.79. The van der Waals surface area contributed by atoms with Gasteiger partial charge in [-0.15, -0.1) is 11.3 Å². The molecule has 0 aliphatic carbocycles. The number of carbonyl (C=O) groups excluding carboxylic acids is 2. The molecule has 0 aliphatic rings. The monoisotopic (exact) mass is 407 g/mol. The zero-order valence-corrected chi connectivity index (χ0v) is 17.4. The quantitative estimate of drug-likeness (QED) is 0.601. The molecule has 6 heteroatoms. The van der Waals surface area contributed by atoms with E-state index < -0.39 is 0 Å². The van der Waals surface area contributed by atoms with Crippen LogP contribution < -0.4 is 10.6 Å². The van der Waals surface area contributed by atoms with Gasteiger partial charge in [0.05, 0.1) is 12.6 Å². The SMILES string of the molecule is CNC(=O)c1ccc(CN(C)CC(=O)N[C@H](c2ccccc2)c2cccs2)cc1. The maximum absolute atomic E-state index is 12.7. The summed E-state index contributed by atoms with van der Waals surface area (Å²) in [6.45, 7) is 0.905. The summed E-state index contributed by atoms with van der Waals surface area (Å²) in [5.41, 5.74) is 2.74. The third kappa shape index (κ3) is 5.76. The second-order valence-corrected chi connectivity index (χ2v) is 7.85. The summed E-state index contributed by atoms with van der Waals surface area (Å²) in [6.07, 6.45) is 0. The molecule has 1 aromatic heterocycles. The van der Waals surface area contributed by atoms with Crippen LogP contribution in [-0.2, 0) is 11.3 Å². The van der Waals surface area contributed by atoms with E-state index in [1.807, 2.05) is 71.9 Å². The van der Waals surface area contributed by atoms with Gasteiger partial charge in [-0.25, -0.2) is 0 Å². The van der Waals surface area contributed by atoms with Crippen molar-refractivity contribution in [2.24, 2.45) is 0 Å². The molecule has 0 aliphatic heterocycles. The first-order valence-corrected chi connectivity index (χ1v) is 10.3. The lowest BCUT2D eigenvalue weighted by Gasteiger charge is -2.21. The van der Waals surface area contributed by atoms with Gasteiger partial charge in [0.2, 0.25) is 5.91 Å². The van der Waals surface area contributed by atoms with Crippen molar-refractivity contribution in [1.82, 2.24) is 15.5 Å². The minimum absolute atomic E-state index is 0.0308. The van der Waals surface area contributed by atoms with E-state index in [2.05, 4.69) is 10.6 Å². The summed E-state index contributed by atoms with van der Waals surface area (Å²) in [4.78, 5) is 27.4. The molecule has 0 unspecified atom stereocenters. The third-order valence-corrected chi connectivity index (χ3v) is 5.51. The predicted octanol–water partition coefficient (Wildman–Crippen LogP) is 3.45. The summed E-state index contributed by atoms with van der Waals surface area (Å²) in [6, 6.07) is 21.3. The van der Waals surface area contributed by atoms with Crippen LogP contribution in [0.15, 0.2) is 72.1 Å². The first kappa shape index (κ1) is 20.8. The fraction of sp³-hybridized carbons (Fsp3) is 0.217.